The van der Waals surface area contributed by atoms with Crippen LogP contribution in [0.2, 0.25) is 0 Å². The highest BCUT2D eigenvalue weighted by atomic mass is 16.5. The Morgan fingerprint density at radius 2 is 2.06 bits per heavy atom. The number of likely N-dealkylation sites (N-methyl/N-ethyl adjacent to an activating group) is 1. The fourth-order valence-electron chi connectivity index (χ4n) is 1.79. The smallest absolute Gasteiger partial charge is 0.0637 e. The Kier molecular flexibility index (Phi) is 6.16. The van der Waals surface area contributed by atoms with E-state index in [-0.39, 0.29) is 0 Å². The lowest BCUT2D eigenvalue weighted by Crippen LogP contribution is -2.23. The zero-order chi connectivity index (χ0) is 13.5. The van der Waals surface area contributed by atoms with Crippen LogP contribution in [0.1, 0.15) is 25.0 Å². The van der Waals surface area contributed by atoms with Crippen molar-refractivity contribution in [3.05, 3.63) is 29.3 Å². The van der Waals surface area contributed by atoms with E-state index in [2.05, 4.69) is 56.2 Å². The van der Waals surface area contributed by atoms with Crippen molar-refractivity contribution in [1.29, 1.82) is 0 Å². The molecule has 18 heavy (non-hydrogen) atoms. The van der Waals surface area contributed by atoms with Gasteiger partial charge in [0.05, 0.1) is 6.61 Å². The number of rotatable bonds is 7. The van der Waals surface area contributed by atoms with Crippen LogP contribution in [-0.4, -0.2) is 33.4 Å². The summed E-state index contributed by atoms with van der Waals surface area (Å²) in [5.74, 6) is 0. The average Bonchev–Trinajstić information content (AvgIpc) is 2.34. The Labute approximate surface area is 111 Å². The van der Waals surface area contributed by atoms with Gasteiger partial charge in [-0.1, -0.05) is 19.9 Å². The van der Waals surface area contributed by atoms with Crippen LogP contribution in [0.25, 0.3) is 0 Å². The van der Waals surface area contributed by atoms with Gasteiger partial charge in [-0.3, -0.25) is 0 Å². The number of hydrogen-bond donors (Lipinski definition) is 1. The van der Waals surface area contributed by atoms with E-state index in [0.717, 1.165) is 19.7 Å². The number of hydrogen-bond acceptors (Lipinski definition) is 3. The molecule has 0 saturated carbocycles. The number of nitrogens with zero attached hydrogens (tertiary/aromatic N) is 1. The summed E-state index contributed by atoms with van der Waals surface area (Å²) in [6.07, 6.45) is 0. The predicted octanol–water partition coefficient (Wildman–Crippen LogP) is 2.58. The van der Waals surface area contributed by atoms with E-state index in [4.69, 9.17) is 4.74 Å². The summed E-state index contributed by atoms with van der Waals surface area (Å²) >= 11 is 0. The summed E-state index contributed by atoms with van der Waals surface area (Å²) in [4.78, 5) is 2.22. The first-order chi connectivity index (χ1) is 8.54. The van der Waals surface area contributed by atoms with Gasteiger partial charge >= 0.3 is 0 Å². The zero-order valence-corrected chi connectivity index (χ0v) is 12.3. The third-order valence-corrected chi connectivity index (χ3v) is 3.10. The van der Waals surface area contributed by atoms with Gasteiger partial charge < -0.3 is 15.0 Å². The lowest BCUT2D eigenvalue weighted by molar-refractivity contribution is 0.206. The van der Waals surface area contributed by atoms with Crippen molar-refractivity contribution in [2.24, 2.45) is 0 Å². The molecular formula is C15H26N2O. The summed E-state index contributed by atoms with van der Waals surface area (Å²) in [6.45, 7) is 9.12. The van der Waals surface area contributed by atoms with E-state index in [9.17, 15) is 0 Å². The second-order valence-electron chi connectivity index (χ2n) is 5.06. The van der Waals surface area contributed by atoms with Crippen molar-refractivity contribution >= 4 is 5.69 Å². The predicted molar refractivity (Wildman–Crippen MR) is 78.3 cm³/mol. The Morgan fingerprint density at radius 3 is 2.61 bits per heavy atom. The standard InChI is InChI=1S/C15H26N2O/c1-12(2)16-11-14-6-7-15(10-13(14)3)17(4)8-9-18-5/h6-7,10,12,16H,8-9,11H2,1-5H3. The van der Waals surface area contributed by atoms with Crippen molar-refractivity contribution in [3.8, 4) is 0 Å². The molecule has 1 N–H and O–H groups in total. The van der Waals surface area contributed by atoms with Gasteiger partial charge in [-0.05, 0) is 30.2 Å². The molecule has 0 amide bonds. The van der Waals surface area contributed by atoms with E-state index < -0.39 is 0 Å². The Hall–Kier alpha value is -1.06. The zero-order valence-electron chi connectivity index (χ0n) is 12.3. The highest BCUT2D eigenvalue weighted by Gasteiger charge is 2.04. The van der Waals surface area contributed by atoms with Gasteiger partial charge in [-0.15, -0.1) is 0 Å². The molecule has 0 aliphatic heterocycles. The summed E-state index contributed by atoms with van der Waals surface area (Å²) in [5.41, 5.74) is 3.95. The van der Waals surface area contributed by atoms with E-state index >= 15 is 0 Å². The molecular weight excluding hydrogens is 224 g/mol. The lowest BCUT2D eigenvalue weighted by Gasteiger charge is -2.20. The minimum absolute atomic E-state index is 0.522. The Balaban J connectivity index is 2.66. The maximum atomic E-state index is 5.10. The molecule has 0 saturated heterocycles. The number of ether oxygens (including phenoxy) is 1. The minimum atomic E-state index is 0.522. The summed E-state index contributed by atoms with van der Waals surface area (Å²) in [7, 11) is 3.83. The van der Waals surface area contributed by atoms with Gasteiger partial charge in [0.15, 0.2) is 0 Å². The molecule has 0 spiro atoms. The first-order valence-corrected chi connectivity index (χ1v) is 6.57. The average molecular weight is 250 g/mol. The largest absolute Gasteiger partial charge is 0.383 e. The fourth-order valence-corrected chi connectivity index (χ4v) is 1.79. The van der Waals surface area contributed by atoms with Crippen molar-refractivity contribution in [2.45, 2.75) is 33.4 Å². The van der Waals surface area contributed by atoms with Crippen LogP contribution in [-0.2, 0) is 11.3 Å². The number of benzene rings is 1. The van der Waals surface area contributed by atoms with E-state index in [1.54, 1.807) is 7.11 Å². The van der Waals surface area contributed by atoms with Crippen molar-refractivity contribution in [3.63, 3.8) is 0 Å². The molecule has 0 aliphatic rings. The topological polar surface area (TPSA) is 24.5 Å². The molecule has 3 heteroatoms. The maximum Gasteiger partial charge on any atom is 0.0637 e. The SMILES string of the molecule is COCCN(C)c1ccc(CNC(C)C)c(C)c1. The molecule has 1 rings (SSSR count). The monoisotopic (exact) mass is 250 g/mol. The number of nitrogens with one attached hydrogen (secondary N) is 1. The summed E-state index contributed by atoms with van der Waals surface area (Å²) < 4.78 is 5.10. The molecule has 1 aromatic carbocycles. The number of anilines is 1. The molecule has 3 nitrogen and oxygen atoms in total. The van der Waals surface area contributed by atoms with Gasteiger partial charge in [-0.2, -0.15) is 0 Å². The number of methoxy groups -OCH3 is 1. The molecule has 1 aromatic rings. The van der Waals surface area contributed by atoms with Crippen molar-refractivity contribution in [2.75, 3.05) is 32.2 Å². The van der Waals surface area contributed by atoms with Crippen molar-refractivity contribution in [1.82, 2.24) is 5.32 Å². The molecule has 0 unspecified atom stereocenters. The molecule has 0 radical (unpaired) electrons. The highest BCUT2D eigenvalue weighted by molar-refractivity contribution is 5.50. The van der Waals surface area contributed by atoms with Gasteiger partial charge in [-0.25, -0.2) is 0 Å². The Morgan fingerprint density at radius 1 is 1.33 bits per heavy atom. The van der Waals surface area contributed by atoms with Gasteiger partial charge in [0.1, 0.15) is 0 Å². The van der Waals surface area contributed by atoms with Crippen LogP contribution in [0, 0.1) is 6.92 Å². The van der Waals surface area contributed by atoms with Gasteiger partial charge in [0.2, 0.25) is 0 Å². The van der Waals surface area contributed by atoms with Crippen LogP contribution in [0.3, 0.4) is 0 Å². The van der Waals surface area contributed by atoms with Crippen LogP contribution in [0.15, 0.2) is 18.2 Å². The minimum Gasteiger partial charge on any atom is -0.383 e. The van der Waals surface area contributed by atoms with E-state index in [0.29, 0.717) is 6.04 Å². The van der Waals surface area contributed by atoms with Gasteiger partial charge in [0, 0.05) is 39.0 Å². The second kappa shape index (κ2) is 7.39. The molecule has 102 valence electrons. The van der Waals surface area contributed by atoms with Crippen LogP contribution < -0.4 is 10.2 Å². The molecule has 0 fully saturated rings. The number of aryl methyl sites for hydroxylation is 1. The second-order valence-corrected chi connectivity index (χ2v) is 5.06. The normalized spacial score (nSPS) is 11.0. The highest BCUT2D eigenvalue weighted by Crippen LogP contribution is 2.18. The molecule has 0 atom stereocenters. The van der Waals surface area contributed by atoms with Crippen LogP contribution >= 0.6 is 0 Å². The summed E-state index contributed by atoms with van der Waals surface area (Å²) in [5, 5.41) is 3.45. The summed E-state index contributed by atoms with van der Waals surface area (Å²) in [6, 6.07) is 7.16. The first-order valence-electron chi connectivity index (χ1n) is 6.57. The van der Waals surface area contributed by atoms with Gasteiger partial charge in [0.25, 0.3) is 0 Å². The third-order valence-electron chi connectivity index (χ3n) is 3.10. The molecule has 0 heterocycles. The molecule has 0 aromatic heterocycles. The third kappa shape index (κ3) is 4.67. The first kappa shape index (κ1) is 15.0. The maximum absolute atomic E-state index is 5.10. The molecule has 0 bridgehead atoms. The Bertz CT molecular complexity index is 364. The van der Waals surface area contributed by atoms with E-state index in [1.165, 1.54) is 16.8 Å². The van der Waals surface area contributed by atoms with Crippen molar-refractivity contribution < 1.29 is 4.74 Å². The van der Waals surface area contributed by atoms with Crippen LogP contribution in [0.5, 0.6) is 0 Å². The molecule has 0 aliphatic carbocycles. The van der Waals surface area contributed by atoms with E-state index in [1.807, 2.05) is 0 Å². The van der Waals surface area contributed by atoms with Crippen LogP contribution in [0.4, 0.5) is 5.69 Å². The lowest BCUT2D eigenvalue weighted by atomic mass is 10.1. The quantitative estimate of drug-likeness (QED) is 0.805. The fraction of sp³-hybridized carbons (Fsp3) is 0.600.